The Morgan fingerprint density at radius 1 is 1.24 bits per heavy atom. The van der Waals surface area contributed by atoms with Crippen molar-refractivity contribution in [2.75, 3.05) is 11.9 Å². The van der Waals surface area contributed by atoms with Gasteiger partial charge in [-0.2, -0.15) is 5.26 Å². The molecule has 0 bridgehead atoms. The van der Waals surface area contributed by atoms with Crippen LogP contribution in [0.4, 0.5) is 5.69 Å². The molecule has 0 fully saturated rings. The van der Waals surface area contributed by atoms with Gasteiger partial charge in [0.1, 0.15) is 18.9 Å². The summed E-state index contributed by atoms with van der Waals surface area (Å²) < 4.78 is 5.69. The number of nitrogens with one attached hydrogen (secondary N) is 1. The number of nitrogens with zero attached hydrogens (tertiary/aromatic N) is 1. The third-order valence-corrected chi connectivity index (χ3v) is 2.78. The predicted molar refractivity (Wildman–Crippen MR) is 78.1 cm³/mol. The van der Waals surface area contributed by atoms with E-state index in [4.69, 9.17) is 15.1 Å². The molecule has 21 heavy (non-hydrogen) atoms. The second kappa shape index (κ2) is 6.96. The van der Waals surface area contributed by atoms with Gasteiger partial charge in [-0.1, -0.05) is 30.3 Å². The molecule has 0 aliphatic heterocycles. The zero-order valence-electron chi connectivity index (χ0n) is 11.2. The Bertz CT molecular complexity index is 663. The molecular weight excluding hydrogens is 268 g/mol. The van der Waals surface area contributed by atoms with Crippen molar-refractivity contribution >= 4 is 11.7 Å². The van der Waals surface area contributed by atoms with Crippen LogP contribution in [0.15, 0.2) is 48.5 Å². The van der Waals surface area contributed by atoms with Gasteiger partial charge in [0.2, 0.25) is 0 Å². The molecular formula is C16H14N2O3. The predicted octanol–water partition coefficient (Wildman–Crippen LogP) is 2.63. The van der Waals surface area contributed by atoms with E-state index >= 15 is 0 Å². The summed E-state index contributed by atoms with van der Waals surface area (Å²) in [5.74, 6) is -0.467. The Morgan fingerprint density at radius 3 is 2.67 bits per heavy atom. The average molecular weight is 282 g/mol. The molecule has 0 aliphatic carbocycles. The standard InChI is InChI=1S/C16H14N2O3/c17-9-13-6-7-15(14(8-13)18-10-16(19)20)21-11-12-4-2-1-3-5-12/h1-8,18H,10-11H2,(H,19,20). The summed E-state index contributed by atoms with van der Waals surface area (Å²) in [6.45, 7) is 0.130. The highest BCUT2D eigenvalue weighted by Gasteiger charge is 2.07. The van der Waals surface area contributed by atoms with Crippen molar-refractivity contribution in [1.82, 2.24) is 0 Å². The highest BCUT2D eigenvalue weighted by atomic mass is 16.5. The van der Waals surface area contributed by atoms with Gasteiger partial charge in [0, 0.05) is 0 Å². The van der Waals surface area contributed by atoms with E-state index in [0.717, 1.165) is 5.56 Å². The molecule has 0 radical (unpaired) electrons. The summed E-state index contributed by atoms with van der Waals surface area (Å²) in [4.78, 5) is 10.6. The van der Waals surface area contributed by atoms with Gasteiger partial charge >= 0.3 is 5.97 Å². The molecule has 0 amide bonds. The molecule has 0 aliphatic rings. The van der Waals surface area contributed by atoms with Crippen LogP contribution in [0.5, 0.6) is 5.75 Å². The van der Waals surface area contributed by atoms with E-state index in [1.807, 2.05) is 36.4 Å². The lowest BCUT2D eigenvalue weighted by Crippen LogP contribution is -2.13. The molecule has 0 unspecified atom stereocenters. The minimum atomic E-state index is -0.980. The van der Waals surface area contributed by atoms with Gasteiger partial charge in [-0.25, -0.2) is 0 Å². The Labute approximate surface area is 122 Å². The van der Waals surface area contributed by atoms with Crippen LogP contribution in [0.3, 0.4) is 0 Å². The van der Waals surface area contributed by atoms with Gasteiger partial charge < -0.3 is 15.2 Å². The Kier molecular flexibility index (Phi) is 4.78. The number of ether oxygens (including phenoxy) is 1. The minimum Gasteiger partial charge on any atom is -0.487 e. The number of nitriles is 1. The zero-order valence-corrected chi connectivity index (χ0v) is 11.2. The van der Waals surface area contributed by atoms with E-state index in [-0.39, 0.29) is 6.54 Å². The van der Waals surface area contributed by atoms with Crippen LogP contribution < -0.4 is 10.1 Å². The molecule has 106 valence electrons. The highest BCUT2D eigenvalue weighted by Crippen LogP contribution is 2.26. The van der Waals surface area contributed by atoms with Gasteiger partial charge in [-0.15, -0.1) is 0 Å². The number of rotatable bonds is 6. The summed E-state index contributed by atoms with van der Waals surface area (Å²) >= 11 is 0. The lowest BCUT2D eigenvalue weighted by atomic mass is 10.2. The normalized spacial score (nSPS) is 9.67. The van der Waals surface area contributed by atoms with Crippen LogP contribution in [0.25, 0.3) is 0 Å². The number of aliphatic carboxylic acids is 1. The molecule has 2 rings (SSSR count). The van der Waals surface area contributed by atoms with E-state index in [9.17, 15) is 4.79 Å². The summed E-state index contributed by atoms with van der Waals surface area (Å²) in [6.07, 6.45) is 0. The smallest absolute Gasteiger partial charge is 0.322 e. The lowest BCUT2D eigenvalue weighted by molar-refractivity contribution is -0.134. The summed E-state index contributed by atoms with van der Waals surface area (Å²) in [5, 5.41) is 20.4. The maximum absolute atomic E-state index is 10.6. The number of carbonyl (C=O) groups is 1. The number of anilines is 1. The molecule has 2 aromatic rings. The summed E-state index contributed by atoms with van der Waals surface area (Å²) in [7, 11) is 0. The van der Waals surface area contributed by atoms with Gasteiger partial charge in [0.25, 0.3) is 0 Å². The fourth-order valence-corrected chi connectivity index (χ4v) is 1.77. The van der Waals surface area contributed by atoms with E-state index in [1.165, 1.54) is 0 Å². The van der Waals surface area contributed by atoms with Gasteiger partial charge in [-0.3, -0.25) is 4.79 Å². The molecule has 0 aromatic heterocycles. The molecule has 0 saturated heterocycles. The average Bonchev–Trinajstić information content (AvgIpc) is 2.52. The second-order valence-corrected chi connectivity index (χ2v) is 4.34. The zero-order chi connectivity index (χ0) is 15.1. The molecule has 5 nitrogen and oxygen atoms in total. The maximum atomic E-state index is 10.6. The fourth-order valence-electron chi connectivity index (χ4n) is 1.77. The SMILES string of the molecule is N#Cc1ccc(OCc2ccccc2)c(NCC(=O)O)c1. The molecule has 0 atom stereocenters. The topological polar surface area (TPSA) is 82.3 Å². The van der Waals surface area contributed by atoms with Gasteiger partial charge in [0.15, 0.2) is 0 Å². The maximum Gasteiger partial charge on any atom is 0.322 e. The highest BCUT2D eigenvalue weighted by molar-refractivity contribution is 5.74. The molecule has 0 saturated carbocycles. The monoisotopic (exact) mass is 282 g/mol. The Balaban J connectivity index is 2.13. The quantitative estimate of drug-likeness (QED) is 0.851. The van der Waals surface area contributed by atoms with E-state index < -0.39 is 5.97 Å². The molecule has 0 heterocycles. The van der Waals surface area contributed by atoms with Crippen LogP contribution in [-0.4, -0.2) is 17.6 Å². The van der Waals surface area contributed by atoms with Gasteiger partial charge in [0.05, 0.1) is 17.3 Å². The Morgan fingerprint density at radius 2 is 2.00 bits per heavy atom. The second-order valence-electron chi connectivity index (χ2n) is 4.34. The first-order valence-corrected chi connectivity index (χ1v) is 6.35. The van der Waals surface area contributed by atoms with Crippen molar-refractivity contribution in [2.24, 2.45) is 0 Å². The third kappa shape index (κ3) is 4.25. The third-order valence-electron chi connectivity index (χ3n) is 2.78. The molecule has 0 spiro atoms. The van der Waals surface area contributed by atoms with Crippen molar-refractivity contribution in [2.45, 2.75) is 6.61 Å². The van der Waals surface area contributed by atoms with Crippen molar-refractivity contribution in [3.8, 4) is 11.8 Å². The number of carboxylic acids is 1. The van der Waals surface area contributed by atoms with Crippen LogP contribution in [0.1, 0.15) is 11.1 Å². The van der Waals surface area contributed by atoms with Crippen LogP contribution in [-0.2, 0) is 11.4 Å². The fraction of sp³-hybridized carbons (Fsp3) is 0.125. The van der Waals surface area contributed by atoms with E-state index in [1.54, 1.807) is 18.2 Å². The first kappa shape index (κ1) is 14.4. The minimum absolute atomic E-state index is 0.240. The lowest BCUT2D eigenvalue weighted by Gasteiger charge is -2.12. The van der Waals surface area contributed by atoms with E-state index in [2.05, 4.69) is 5.32 Å². The van der Waals surface area contributed by atoms with E-state index in [0.29, 0.717) is 23.6 Å². The first-order valence-electron chi connectivity index (χ1n) is 6.35. The summed E-state index contributed by atoms with van der Waals surface area (Å²) in [6, 6.07) is 16.5. The molecule has 5 heteroatoms. The van der Waals surface area contributed by atoms with Crippen LogP contribution in [0, 0.1) is 11.3 Å². The number of hydrogen-bond acceptors (Lipinski definition) is 4. The molecule has 2 aromatic carbocycles. The Hall–Kier alpha value is -3.00. The van der Waals surface area contributed by atoms with Crippen molar-refractivity contribution in [1.29, 1.82) is 5.26 Å². The van der Waals surface area contributed by atoms with Crippen molar-refractivity contribution in [3.05, 3.63) is 59.7 Å². The van der Waals surface area contributed by atoms with Gasteiger partial charge in [-0.05, 0) is 23.8 Å². The van der Waals surface area contributed by atoms with Crippen LogP contribution in [0.2, 0.25) is 0 Å². The number of carboxylic acid groups (broad SMARTS) is 1. The van der Waals surface area contributed by atoms with Crippen molar-refractivity contribution < 1.29 is 14.6 Å². The van der Waals surface area contributed by atoms with Crippen molar-refractivity contribution in [3.63, 3.8) is 0 Å². The molecule has 2 N–H and O–H groups in total. The summed E-state index contributed by atoms with van der Waals surface area (Å²) in [5.41, 5.74) is 1.94. The van der Waals surface area contributed by atoms with Crippen LogP contribution >= 0.6 is 0 Å². The first-order chi connectivity index (χ1) is 10.2. The largest absolute Gasteiger partial charge is 0.487 e. The number of hydrogen-bond donors (Lipinski definition) is 2. The number of benzene rings is 2.